The molecule has 0 aliphatic heterocycles. The van der Waals surface area contributed by atoms with Crippen LogP contribution in [0.1, 0.15) is 11.1 Å². The van der Waals surface area contributed by atoms with Gasteiger partial charge in [0.15, 0.2) is 0 Å². The molecule has 0 saturated heterocycles. The predicted octanol–water partition coefficient (Wildman–Crippen LogP) is 3.50. The van der Waals surface area contributed by atoms with Crippen molar-refractivity contribution in [1.29, 1.82) is 0 Å². The number of alkyl halides is 3. The topological polar surface area (TPSA) is 64.6 Å². The van der Waals surface area contributed by atoms with E-state index in [2.05, 4.69) is 10.6 Å². The van der Waals surface area contributed by atoms with E-state index in [-0.39, 0.29) is 12.3 Å². The summed E-state index contributed by atoms with van der Waals surface area (Å²) in [4.78, 5) is 13.7. The zero-order chi connectivity index (χ0) is 20.0. The highest BCUT2D eigenvalue weighted by Crippen LogP contribution is 2.37. The number of nitrogens with zero attached hydrogens (tertiary/aromatic N) is 1. The Kier molecular flexibility index (Phi) is 6.68. The highest BCUT2D eigenvalue weighted by Gasteiger charge is 2.34. The van der Waals surface area contributed by atoms with E-state index in [9.17, 15) is 23.1 Å². The number of urea groups is 1. The first kappa shape index (κ1) is 20.6. The summed E-state index contributed by atoms with van der Waals surface area (Å²) in [5.41, 5.74) is -0.0248. The molecule has 0 radical (unpaired) electrons. The smallest absolute Gasteiger partial charge is 0.394 e. The third-order valence-corrected chi connectivity index (χ3v) is 3.95. The lowest BCUT2D eigenvalue weighted by molar-refractivity contribution is -0.136. The van der Waals surface area contributed by atoms with Crippen LogP contribution in [0, 0.1) is 0 Å². The molecule has 0 spiro atoms. The number of benzene rings is 2. The Bertz CT molecular complexity index is 765. The van der Waals surface area contributed by atoms with Crippen molar-refractivity contribution >= 4 is 17.4 Å². The van der Waals surface area contributed by atoms with Gasteiger partial charge in [0.2, 0.25) is 0 Å². The lowest BCUT2D eigenvalue weighted by Gasteiger charge is -2.20. The van der Waals surface area contributed by atoms with Gasteiger partial charge in [0.1, 0.15) is 0 Å². The number of anilines is 2. The van der Waals surface area contributed by atoms with E-state index in [0.717, 1.165) is 11.6 Å². The maximum atomic E-state index is 13.3. The molecule has 27 heavy (non-hydrogen) atoms. The van der Waals surface area contributed by atoms with Crippen molar-refractivity contribution in [1.82, 2.24) is 5.32 Å². The Morgan fingerprint density at radius 2 is 1.81 bits per heavy atom. The first-order valence-electron chi connectivity index (χ1n) is 8.31. The van der Waals surface area contributed by atoms with Crippen LogP contribution >= 0.6 is 0 Å². The lowest BCUT2D eigenvalue weighted by atomic mass is 10.1. The van der Waals surface area contributed by atoms with Crippen molar-refractivity contribution < 1.29 is 23.1 Å². The minimum atomic E-state index is -4.62. The molecule has 0 bridgehead atoms. The molecule has 0 fully saturated rings. The molecule has 0 aliphatic carbocycles. The van der Waals surface area contributed by atoms with Crippen molar-refractivity contribution in [2.75, 3.05) is 30.9 Å². The van der Waals surface area contributed by atoms with Gasteiger partial charge >= 0.3 is 12.2 Å². The Morgan fingerprint density at radius 1 is 1.15 bits per heavy atom. The number of hydrogen-bond donors (Lipinski definition) is 3. The fourth-order valence-corrected chi connectivity index (χ4v) is 2.56. The lowest BCUT2D eigenvalue weighted by Crippen LogP contribution is -2.41. The summed E-state index contributed by atoms with van der Waals surface area (Å²) in [5.74, 6) is 0. The predicted molar refractivity (Wildman–Crippen MR) is 98.9 cm³/mol. The molecule has 146 valence electrons. The van der Waals surface area contributed by atoms with Crippen LogP contribution in [0.25, 0.3) is 0 Å². The Balaban J connectivity index is 2.12. The number of halogens is 3. The molecule has 1 atom stereocenters. The van der Waals surface area contributed by atoms with Crippen molar-refractivity contribution in [3.63, 3.8) is 0 Å². The van der Waals surface area contributed by atoms with Crippen molar-refractivity contribution in [2.24, 2.45) is 0 Å². The quantitative estimate of drug-likeness (QED) is 0.718. The molecule has 3 N–H and O–H groups in total. The van der Waals surface area contributed by atoms with E-state index in [1.54, 1.807) is 19.0 Å². The van der Waals surface area contributed by atoms with Crippen LogP contribution in [0.2, 0.25) is 0 Å². The van der Waals surface area contributed by atoms with Gasteiger partial charge in [-0.15, -0.1) is 0 Å². The highest BCUT2D eigenvalue weighted by atomic mass is 19.4. The number of amides is 2. The van der Waals surface area contributed by atoms with Crippen LogP contribution < -0.4 is 15.5 Å². The molecular formula is C19H22F3N3O2. The number of carbonyl (C=O) groups excluding carboxylic acids is 1. The molecule has 1 unspecified atom stereocenters. The second kappa shape index (κ2) is 8.77. The molecule has 0 aliphatic rings. The summed E-state index contributed by atoms with van der Waals surface area (Å²) in [6.07, 6.45) is -4.26. The molecular weight excluding hydrogens is 359 g/mol. The van der Waals surface area contributed by atoms with Crippen LogP contribution in [0.5, 0.6) is 0 Å². The average molecular weight is 381 g/mol. The fourth-order valence-electron chi connectivity index (χ4n) is 2.56. The van der Waals surface area contributed by atoms with E-state index in [1.807, 2.05) is 30.3 Å². The number of hydrogen-bond acceptors (Lipinski definition) is 3. The normalized spacial score (nSPS) is 12.4. The molecule has 2 aromatic carbocycles. The third kappa shape index (κ3) is 5.89. The zero-order valence-corrected chi connectivity index (χ0v) is 15.0. The molecule has 0 saturated carbocycles. The molecule has 0 aromatic heterocycles. The molecule has 8 heteroatoms. The summed E-state index contributed by atoms with van der Waals surface area (Å²) in [6, 6.07) is 11.4. The number of aliphatic hydroxyl groups is 1. The third-order valence-electron chi connectivity index (χ3n) is 3.95. The standard InChI is InChI=1S/C19H22F3N3O2/c1-25(2)15-8-9-17(16(11-15)19(20,21)22)24-18(27)23-14(12-26)10-13-6-4-3-5-7-13/h3-9,11,14,26H,10,12H2,1-2H3,(H2,23,24,27). The van der Waals surface area contributed by atoms with Gasteiger partial charge in [0, 0.05) is 19.8 Å². The Hall–Kier alpha value is -2.74. The van der Waals surface area contributed by atoms with Crippen LogP contribution in [0.15, 0.2) is 48.5 Å². The van der Waals surface area contributed by atoms with Crippen LogP contribution in [-0.2, 0) is 12.6 Å². The maximum absolute atomic E-state index is 13.3. The van der Waals surface area contributed by atoms with Gasteiger partial charge in [0.05, 0.1) is 23.9 Å². The number of rotatable bonds is 6. The summed E-state index contributed by atoms with van der Waals surface area (Å²) < 4.78 is 40.0. The van der Waals surface area contributed by atoms with Gasteiger partial charge in [0.25, 0.3) is 0 Å². The van der Waals surface area contributed by atoms with Crippen molar-refractivity contribution in [3.05, 3.63) is 59.7 Å². The monoisotopic (exact) mass is 381 g/mol. The zero-order valence-electron chi connectivity index (χ0n) is 15.0. The van der Waals surface area contributed by atoms with E-state index >= 15 is 0 Å². The van der Waals surface area contributed by atoms with Gasteiger partial charge in [-0.1, -0.05) is 30.3 Å². The molecule has 2 aromatic rings. The minimum Gasteiger partial charge on any atom is -0.394 e. The van der Waals surface area contributed by atoms with Crippen LogP contribution in [-0.4, -0.2) is 37.9 Å². The largest absolute Gasteiger partial charge is 0.418 e. The summed E-state index contributed by atoms with van der Waals surface area (Å²) in [7, 11) is 3.26. The van der Waals surface area contributed by atoms with Gasteiger partial charge in [-0.05, 0) is 30.2 Å². The van der Waals surface area contributed by atoms with Crippen molar-refractivity contribution in [3.8, 4) is 0 Å². The first-order chi connectivity index (χ1) is 12.7. The Labute approximate surface area is 155 Å². The highest BCUT2D eigenvalue weighted by molar-refractivity contribution is 5.90. The van der Waals surface area contributed by atoms with E-state index < -0.39 is 23.8 Å². The molecule has 2 rings (SSSR count). The van der Waals surface area contributed by atoms with E-state index in [0.29, 0.717) is 12.1 Å². The van der Waals surface area contributed by atoms with Crippen molar-refractivity contribution in [2.45, 2.75) is 18.6 Å². The van der Waals surface area contributed by atoms with Gasteiger partial charge < -0.3 is 20.6 Å². The van der Waals surface area contributed by atoms with Gasteiger partial charge in [-0.25, -0.2) is 4.79 Å². The second-order valence-corrected chi connectivity index (χ2v) is 6.29. The minimum absolute atomic E-state index is 0.339. The van der Waals surface area contributed by atoms with E-state index in [4.69, 9.17) is 0 Å². The van der Waals surface area contributed by atoms with Crippen LogP contribution in [0.3, 0.4) is 0 Å². The number of aliphatic hydroxyl groups excluding tert-OH is 1. The number of carbonyl (C=O) groups is 1. The van der Waals surface area contributed by atoms with Gasteiger partial charge in [-0.2, -0.15) is 13.2 Å². The molecule has 0 heterocycles. The summed E-state index contributed by atoms with van der Waals surface area (Å²) in [6.45, 7) is -0.339. The maximum Gasteiger partial charge on any atom is 0.418 e. The van der Waals surface area contributed by atoms with Crippen LogP contribution in [0.4, 0.5) is 29.3 Å². The molecule has 5 nitrogen and oxygen atoms in total. The van der Waals surface area contributed by atoms with E-state index in [1.165, 1.54) is 12.1 Å². The second-order valence-electron chi connectivity index (χ2n) is 6.29. The fraction of sp³-hybridized carbons (Fsp3) is 0.316. The SMILES string of the molecule is CN(C)c1ccc(NC(=O)NC(CO)Cc2ccccc2)c(C(F)(F)F)c1. The molecule has 2 amide bonds. The van der Waals surface area contributed by atoms with Gasteiger partial charge in [-0.3, -0.25) is 0 Å². The first-order valence-corrected chi connectivity index (χ1v) is 8.31. The summed E-state index contributed by atoms with van der Waals surface area (Å²) >= 11 is 0. The Morgan fingerprint density at radius 3 is 2.37 bits per heavy atom. The average Bonchev–Trinajstić information content (AvgIpc) is 2.61. The number of nitrogens with one attached hydrogen (secondary N) is 2. The summed E-state index contributed by atoms with van der Waals surface area (Å²) in [5, 5.41) is 14.2.